The fraction of sp³-hybridized carbons (Fsp3) is 0.143. The van der Waals surface area contributed by atoms with E-state index in [-0.39, 0.29) is 6.04 Å². The SMILES string of the molecule is O[C@H](c1ccccc1)[C@@H](NCc1ccc(OCc2ccccc2)cc1)c1ccccc1. The van der Waals surface area contributed by atoms with Crippen molar-refractivity contribution in [2.75, 3.05) is 0 Å². The van der Waals surface area contributed by atoms with Crippen LogP contribution in [-0.4, -0.2) is 5.11 Å². The van der Waals surface area contributed by atoms with Crippen molar-refractivity contribution in [1.29, 1.82) is 0 Å². The summed E-state index contributed by atoms with van der Waals surface area (Å²) >= 11 is 0. The minimum absolute atomic E-state index is 0.211. The van der Waals surface area contributed by atoms with E-state index in [0.29, 0.717) is 13.2 Å². The Morgan fingerprint density at radius 2 is 1.16 bits per heavy atom. The lowest BCUT2D eigenvalue weighted by atomic mass is 9.95. The molecule has 0 unspecified atom stereocenters. The summed E-state index contributed by atoms with van der Waals surface area (Å²) in [6.45, 7) is 1.19. The molecule has 156 valence electrons. The Morgan fingerprint density at radius 1 is 0.613 bits per heavy atom. The quantitative estimate of drug-likeness (QED) is 0.365. The number of hydrogen-bond donors (Lipinski definition) is 2. The van der Waals surface area contributed by atoms with Gasteiger partial charge in [0.05, 0.1) is 12.1 Å². The van der Waals surface area contributed by atoms with Crippen LogP contribution in [0.15, 0.2) is 115 Å². The summed E-state index contributed by atoms with van der Waals surface area (Å²) in [5.41, 5.74) is 4.23. The van der Waals surface area contributed by atoms with Gasteiger partial charge in [0.1, 0.15) is 12.4 Å². The molecule has 0 amide bonds. The molecule has 0 saturated carbocycles. The van der Waals surface area contributed by atoms with Crippen molar-refractivity contribution in [2.45, 2.75) is 25.3 Å². The van der Waals surface area contributed by atoms with Gasteiger partial charge < -0.3 is 15.2 Å². The van der Waals surface area contributed by atoms with Crippen LogP contribution in [0.4, 0.5) is 0 Å². The average Bonchev–Trinajstić information content (AvgIpc) is 2.85. The van der Waals surface area contributed by atoms with Crippen molar-refractivity contribution in [3.8, 4) is 5.75 Å². The maximum absolute atomic E-state index is 11.1. The molecule has 4 rings (SSSR count). The fourth-order valence-corrected chi connectivity index (χ4v) is 3.59. The smallest absolute Gasteiger partial charge is 0.119 e. The van der Waals surface area contributed by atoms with Crippen LogP contribution in [0.5, 0.6) is 5.75 Å². The molecule has 0 bridgehead atoms. The molecule has 31 heavy (non-hydrogen) atoms. The number of aliphatic hydroxyl groups excluding tert-OH is 1. The third-order valence-electron chi connectivity index (χ3n) is 5.31. The minimum Gasteiger partial charge on any atom is -0.489 e. The summed E-state index contributed by atoms with van der Waals surface area (Å²) in [6, 6.07) is 37.9. The van der Waals surface area contributed by atoms with Gasteiger partial charge in [-0.2, -0.15) is 0 Å². The summed E-state index contributed by atoms with van der Waals surface area (Å²) in [4.78, 5) is 0. The number of benzene rings is 4. The van der Waals surface area contributed by atoms with Crippen molar-refractivity contribution in [1.82, 2.24) is 5.32 Å². The molecular weight excluding hydrogens is 382 g/mol. The van der Waals surface area contributed by atoms with Crippen LogP contribution in [0.1, 0.15) is 34.4 Å². The van der Waals surface area contributed by atoms with Gasteiger partial charge in [-0.15, -0.1) is 0 Å². The van der Waals surface area contributed by atoms with Crippen LogP contribution in [0.2, 0.25) is 0 Å². The molecule has 0 saturated heterocycles. The molecule has 3 nitrogen and oxygen atoms in total. The number of rotatable bonds is 9. The first-order valence-corrected chi connectivity index (χ1v) is 10.6. The molecule has 0 aliphatic rings. The summed E-state index contributed by atoms with van der Waals surface area (Å²) in [6.07, 6.45) is -0.642. The van der Waals surface area contributed by atoms with Crippen LogP contribution in [0.25, 0.3) is 0 Å². The van der Waals surface area contributed by atoms with E-state index in [0.717, 1.165) is 28.0 Å². The van der Waals surface area contributed by atoms with E-state index in [1.165, 1.54) is 0 Å². The number of aliphatic hydroxyl groups is 1. The van der Waals surface area contributed by atoms with Gasteiger partial charge in [-0.05, 0) is 34.4 Å². The lowest BCUT2D eigenvalue weighted by Gasteiger charge is -2.25. The van der Waals surface area contributed by atoms with E-state index in [4.69, 9.17) is 4.74 Å². The van der Waals surface area contributed by atoms with Crippen LogP contribution < -0.4 is 10.1 Å². The lowest BCUT2D eigenvalue weighted by Crippen LogP contribution is -2.27. The predicted octanol–water partition coefficient (Wildman–Crippen LogP) is 5.83. The van der Waals surface area contributed by atoms with Gasteiger partial charge in [-0.1, -0.05) is 103 Å². The van der Waals surface area contributed by atoms with E-state index in [2.05, 4.69) is 29.6 Å². The molecule has 2 N–H and O–H groups in total. The normalized spacial score (nSPS) is 12.8. The predicted molar refractivity (Wildman–Crippen MR) is 125 cm³/mol. The van der Waals surface area contributed by atoms with Crippen molar-refractivity contribution in [2.24, 2.45) is 0 Å². The summed E-state index contributed by atoms with van der Waals surface area (Å²) < 4.78 is 5.88. The molecule has 4 aromatic rings. The number of hydrogen-bond acceptors (Lipinski definition) is 3. The molecule has 0 radical (unpaired) electrons. The van der Waals surface area contributed by atoms with Gasteiger partial charge in [0.25, 0.3) is 0 Å². The Kier molecular flexibility index (Phi) is 7.12. The Bertz CT molecular complexity index is 1030. The zero-order chi connectivity index (χ0) is 21.3. The van der Waals surface area contributed by atoms with Crippen LogP contribution >= 0.6 is 0 Å². The van der Waals surface area contributed by atoms with E-state index in [1.807, 2.05) is 91.0 Å². The first-order valence-electron chi connectivity index (χ1n) is 10.6. The van der Waals surface area contributed by atoms with Crippen molar-refractivity contribution in [3.63, 3.8) is 0 Å². The molecule has 0 aliphatic heterocycles. The van der Waals surface area contributed by atoms with Gasteiger partial charge in [0, 0.05) is 6.54 Å². The molecule has 0 spiro atoms. The van der Waals surface area contributed by atoms with Crippen LogP contribution in [-0.2, 0) is 13.2 Å². The molecule has 0 heterocycles. The molecular formula is C28H27NO2. The maximum Gasteiger partial charge on any atom is 0.119 e. The standard InChI is InChI=1S/C28H27NO2/c30-28(25-14-8-3-9-15-25)27(24-12-6-2-7-13-24)29-20-22-16-18-26(19-17-22)31-21-23-10-4-1-5-11-23/h1-19,27-30H,20-21H2/t27-,28+/m0/s1. The van der Waals surface area contributed by atoms with Crippen molar-refractivity contribution < 1.29 is 9.84 Å². The second-order valence-corrected chi connectivity index (χ2v) is 7.54. The average molecular weight is 410 g/mol. The molecule has 0 aliphatic carbocycles. The largest absolute Gasteiger partial charge is 0.489 e. The maximum atomic E-state index is 11.1. The summed E-state index contributed by atoms with van der Waals surface area (Å²) in [7, 11) is 0. The number of ether oxygens (including phenoxy) is 1. The first kappa shape index (κ1) is 20.9. The highest BCUT2D eigenvalue weighted by Crippen LogP contribution is 2.29. The third kappa shape index (κ3) is 5.82. The van der Waals surface area contributed by atoms with Crippen molar-refractivity contribution in [3.05, 3.63) is 138 Å². The van der Waals surface area contributed by atoms with Crippen molar-refractivity contribution >= 4 is 0 Å². The molecule has 0 fully saturated rings. The zero-order valence-electron chi connectivity index (χ0n) is 17.4. The van der Waals surface area contributed by atoms with Gasteiger partial charge in [-0.3, -0.25) is 0 Å². The molecule has 4 aromatic carbocycles. The number of nitrogens with one attached hydrogen (secondary N) is 1. The van der Waals surface area contributed by atoms with E-state index < -0.39 is 6.10 Å². The lowest BCUT2D eigenvalue weighted by molar-refractivity contribution is 0.127. The van der Waals surface area contributed by atoms with E-state index in [1.54, 1.807) is 0 Å². The van der Waals surface area contributed by atoms with Crippen LogP contribution in [0, 0.1) is 0 Å². The highest BCUT2D eigenvalue weighted by Gasteiger charge is 2.22. The Labute approximate surface area is 184 Å². The highest BCUT2D eigenvalue weighted by molar-refractivity contribution is 5.29. The molecule has 0 aromatic heterocycles. The minimum atomic E-state index is -0.642. The highest BCUT2D eigenvalue weighted by atomic mass is 16.5. The monoisotopic (exact) mass is 409 g/mol. The van der Waals surface area contributed by atoms with Gasteiger partial charge in [0.15, 0.2) is 0 Å². The zero-order valence-corrected chi connectivity index (χ0v) is 17.4. The fourth-order valence-electron chi connectivity index (χ4n) is 3.59. The van der Waals surface area contributed by atoms with Gasteiger partial charge in [-0.25, -0.2) is 0 Å². The third-order valence-corrected chi connectivity index (χ3v) is 5.31. The van der Waals surface area contributed by atoms with Gasteiger partial charge in [0.2, 0.25) is 0 Å². The Morgan fingerprint density at radius 3 is 1.77 bits per heavy atom. The van der Waals surface area contributed by atoms with Gasteiger partial charge >= 0.3 is 0 Å². The van der Waals surface area contributed by atoms with E-state index in [9.17, 15) is 5.11 Å². The second kappa shape index (κ2) is 10.6. The van der Waals surface area contributed by atoms with E-state index >= 15 is 0 Å². The Hall–Kier alpha value is -3.40. The topological polar surface area (TPSA) is 41.5 Å². The molecule has 3 heteroatoms. The second-order valence-electron chi connectivity index (χ2n) is 7.54. The first-order chi connectivity index (χ1) is 15.3. The summed E-state index contributed by atoms with van der Waals surface area (Å²) in [5.74, 6) is 0.844. The van der Waals surface area contributed by atoms with Crippen LogP contribution in [0.3, 0.4) is 0 Å². The Balaban J connectivity index is 1.41. The summed E-state index contributed by atoms with van der Waals surface area (Å²) in [5, 5.41) is 14.6. The molecule has 2 atom stereocenters.